The van der Waals surface area contributed by atoms with Gasteiger partial charge in [0.15, 0.2) is 5.82 Å². The molecule has 0 spiro atoms. The van der Waals surface area contributed by atoms with Crippen molar-refractivity contribution in [3.63, 3.8) is 0 Å². The van der Waals surface area contributed by atoms with Crippen molar-refractivity contribution >= 4 is 39.5 Å². The first-order valence-corrected chi connectivity index (χ1v) is 10.5. The Hall–Kier alpha value is -1.42. The maximum Gasteiger partial charge on any atom is 0.258 e. The van der Waals surface area contributed by atoms with E-state index in [9.17, 15) is 8.42 Å². The van der Waals surface area contributed by atoms with Gasteiger partial charge < -0.3 is 0 Å². The van der Waals surface area contributed by atoms with Crippen molar-refractivity contribution in [3.05, 3.63) is 17.2 Å². The molecule has 0 amide bonds. The highest BCUT2D eigenvalue weighted by molar-refractivity contribution is 7.95. The fourth-order valence-corrected chi connectivity index (χ4v) is 5.28. The minimum absolute atomic E-state index is 0.0251. The van der Waals surface area contributed by atoms with E-state index >= 15 is 0 Å². The number of piperazine rings is 1. The summed E-state index contributed by atoms with van der Waals surface area (Å²) < 4.78 is 26.7. The molecule has 1 saturated heterocycles. The lowest BCUT2D eigenvalue weighted by atomic mass is 10.2. The molecular formula is C15H21ClN6O2S. The van der Waals surface area contributed by atoms with Crippen molar-refractivity contribution in [2.75, 3.05) is 29.4 Å². The fraction of sp³-hybridized carbons (Fsp3) is 0.600. The summed E-state index contributed by atoms with van der Waals surface area (Å²) in [5.41, 5.74) is 3.72. The predicted octanol–water partition coefficient (Wildman–Crippen LogP) is 1.34. The van der Waals surface area contributed by atoms with E-state index in [1.54, 1.807) is 12.3 Å². The number of aromatic nitrogens is 2. The zero-order valence-electron chi connectivity index (χ0n) is 13.7. The molecule has 8 nitrogen and oxygen atoms in total. The lowest BCUT2D eigenvalue weighted by Gasteiger charge is -2.33. The second kappa shape index (κ2) is 6.71. The van der Waals surface area contributed by atoms with Crippen molar-refractivity contribution in [2.24, 2.45) is 0 Å². The summed E-state index contributed by atoms with van der Waals surface area (Å²) in [6, 6.07) is -0.0251. The SMILES string of the molecule is O=S1(=O)C=Cc2cnc(NN3CCNC(Cl)C3)nc2N1C1CCCC1. The van der Waals surface area contributed by atoms with Gasteiger partial charge in [0, 0.05) is 37.4 Å². The minimum Gasteiger partial charge on any atom is -0.299 e. The summed E-state index contributed by atoms with van der Waals surface area (Å²) in [7, 11) is -3.49. The van der Waals surface area contributed by atoms with Crippen LogP contribution in [0.25, 0.3) is 6.08 Å². The maximum absolute atomic E-state index is 12.6. The Morgan fingerprint density at radius 1 is 1.32 bits per heavy atom. The third-order valence-corrected chi connectivity index (χ3v) is 6.53. The molecule has 1 aliphatic carbocycles. The minimum atomic E-state index is -3.49. The highest BCUT2D eigenvalue weighted by atomic mass is 35.5. The number of hydrazine groups is 1. The molecule has 1 aromatic heterocycles. The second-order valence-electron chi connectivity index (χ2n) is 6.53. The van der Waals surface area contributed by atoms with Crippen LogP contribution in [0, 0.1) is 0 Å². The second-order valence-corrected chi connectivity index (χ2v) is 8.76. The number of alkyl halides is 1. The molecule has 25 heavy (non-hydrogen) atoms. The molecule has 0 radical (unpaired) electrons. The number of anilines is 2. The van der Waals surface area contributed by atoms with E-state index < -0.39 is 10.0 Å². The van der Waals surface area contributed by atoms with Gasteiger partial charge in [-0.2, -0.15) is 4.98 Å². The van der Waals surface area contributed by atoms with Gasteiger partial charge in [0.1, 0.15) is 0 Å². The summed E-state index contributed by atoms with van der Waals surface area (Å²) in [4.78, 5) is 8.84. The lowest BCUT2D eigenvalue weighted by molar-refractivity contribution is 0.269. The highest BCUT2D eigenvalue weighted by Gasteiger charge is 2.35. The average Bonchev–Trinajstić information content (AvgIpc) is 3.08. The molecule has 0 bridgehead atoms. The van der Waals surface area contributed by atoms with Gasteiger partial charge >= 0.3 is 0 Å². The van der Waals surface area contributed by atoms with Crippen molar-refractivity contribution in [2.45, 2.75) is 37.2 Å². The molecule has 1 aromatic rings. The van der Waals surface area contributed by atoms with Crippen LogP contribution in [-0.2, 0) is 10.0 Å². The van der Waals surface area contributed by atoms with Crippen molar-refractivity contribution in [1.29, 1.82) is 0 Å². The van der Waals surface area contributed by atoms with Gasteiger partial charge in [-0.15, -0.1) is 11.6 Å². The molecule has 2 N–H and O–H groups in total. The molecule has 2 aliphatic heterocycles. The van der Waals surface area contributed by atoms with Gasteiger partial charge in [-0.3, -0.25) is 10.7 Å². The van der Waals surface area contributed by atoms with Gasteiger partial charge in [-0.05, 0) is 18.9 Å². The summed E-state index contributed by atoms with van der Waals surface area (Å²) >= 11 is 6.11. The average molecular weight is 385 g/mol. The molecule has 4 rings (SSSR count). The van der Waals surface area contributed by atoms with Crippen LogP contribution in [0.15, 0.2) is 11.6 Å². The Morgan fingerprint density at radius 3 is 2.88 bits per heavy atom. The fourth-order valence-electron chi connectivity index (χ4n) is 3.54. The molecule has 3 heterocycles. The van der Waals surface area contributed by atoms with E-state index in [1.807, 2.05) is 5.01 Å². The molecule has 2 fully saturated rings. The molecule has 1 saturated carbocycles. The van der Waals surface area contributed by atoms with Crippen LogP contribution in [-0.4, -0.2) is 54.6 Å². The Bertz CT molecular complexity index is 780. The monoisotopic (exact) mass is 384 g/mol. The van der Waals surface area contributed by atoms with Crippen LogP contribution < -0.4 is 15.0 Å². The van der Waals surface area contributed by atoms with E-state index in [-0.39, 0.29) is 11.5 Å². The van der Waals surface area contributed by atoms with Crippen LogP contribution in [0.5, 0.6) is 0 Å². The normalized spacial score (nSPS) is 26.6. The molecule has 0 aromatic carbocycles. The number of hydrogen-bond donors (Lipinski definition) is 2. The van der Waals surface area contributed by atoms with Gasteiger partial charge in [0.05, 0.1) is 10.9 Å². The third kappa shape index (κ3) is 3.46. The van der Waals surface area contributed by atoms with Gasteiger partial charge in [0.25, 0.3) is 10.0 Å². The number of sulfonamides is 1. The Balaban J connectivity index is 1.63. The molecular weight excluding hydrogens is 364 g/mol. The maximum atomic E-state index is 12.6. The van der Waals surface area contributed by atoms with E-state index in [0.717, 1.165) is 44.3 Å². The number of fused-ring (bicyclic) bond motifs is 1. The Morgan fingerprint density at radius 2 is 2.12 bits per heavy atom. The van der Waals surface area contributed by atoms with Crippen LogP contribution in [0.1, 0.15) is 31.2 Å². The smallest absolute Gasteiger partial charge is 0.258 e. The van der Waals surface area contributed by atoms with Crippen LogP contribution in [0.3, 0.4) is 0 Å². The molecule has 10 heteroatoms. The zero-order valence-corrected chi connectivity index (χ0v) is 15.3. The first kappa shape index (κ1) is 17.0. The highest BCUT2D eigenvalue weighted by Crippen LogP contribution is 2.35. The molecule has 136 valence electrons. The number of nitrogens with one attached hydrogen (secondary N) is 2. The summed E-state index contributed by atoms with van der Waals surface area (Å²) in [6.07, 6.45) is 7.06. The van der Waals surface area contributed by atoms with Crippen molar-refractivity contribution in [3.8, 4) is 0 Å². The molecule has 1 atom stereocenters. The molecule has 3 aliphatic rings. The van der Waals surface area contributed by atoms with E-state index in [0.29, 0.717) is 18.3 Å². The van der Waals surface area contributed by atoms with E-state index in [4.69, 9.17) is 11.6 Å². The topological polar surface area (TPSA) is 90.5 Å². The first-order chi connectivity index (χ1) is 12.0. The van der Waals surface area contributed by atoms with Crippen LogP contribution >= 0.6 is 11.6 Å². The quantitative estimate of drug-likeness (QED) is 0.600. The largest absolute Gasteiger partial charge is 0.299 e. The summed E-state index contributed by atoms with van der Waals surface area (Å²) in [5.74, 6) is 0.850. The van der Waals surface area contributed by atoms with Gasteiger partial charge in [-0.1, -0.05) is 12.8 Å². The van der Waals surface area contributed by atoms with Crippen molar-refractivity contribution in [1.82, 2.24) is 20.3 Å². The van der Waals surface area contributed by atoms with E-state index in [2.05, 4.69) is 20.7 Å². The number of hydrogen-bond acceptors (Lipinski definition) is 7. The third-order valence-electron chi connectivity index (χ3n) is 4.74. The predicted molar refractivity (Wildman–Crippen MR) is 97.6 cm³/mol. The number of nitrogens with zero attached hydrogens (tertiary/aromatic N) is 4. The zero-order chi connectivity index (χ0) is 17.4. The lowest BCUT2D eigenvalue weighted by Crippen LogP contribution is -2.50. The molecule has 1 unspecified atom stereocenters. The summed E-state index contributed by atoms with van der Waals surface area (Å²) in [5, 5.41) is 6.33. The van der Waals surface area contributed by atoms with Gasteiger partial charge in [0.2, 0.25) is 5.95 Å². The van der Waals surface area contributed by atoms with Crippen molar-refractivity contribution < 1.29 is 8.42 Å². The Kier molecular flexibility index (Phi) is 4.57. The number of halogens is 1. The standard InChI is InChI=1S/C15H21ClN6O2S/c16-13-10-21(7-6-17-13)20-15-18-9-11-5-8-25(23,24)22(14(11)19-15)12-3-1-2-4-12/h5,8-9,12-13,17H,1-4,6-7,10H2,(H,18,19,20). The Labute approximate surface area is 152 Å². The summed E-state index contributed by atoms with van der Waals surface area (Å²) in [6.45, 7) is 2.12. The van der Waals surface area contributed by atoms with Crippen LogP contribution in [0.2, 0.25) is 0 Å². The van der Waals surface area contributed by atoms with E-state index in [1.165, 1.54) is 9.71 Å². The van der Waals surface area contributed by atoms with Gasteiger partial charge in [-0.25, -0.2) is 22.7 Å². The van der Waals surface area contributed by atoms with Crippen LogP contribution in [0.4, 0.5) is 11.8 Å². The first-order valence-electron chi connectivity index (χ1n) is 8.51. The number of rotatable bonds is 3.